The van der Waals surface area contributed by atoms with Crippen molar-refractivity contribution in [1.29, 1.82) is 0 Å². The molecule has 1 aromatic carbocycles. The molecule has 1 saturated heterocycles. The maximum Gasteiger partial charge on any atom is 0.252 e. The monoisotopic (exact) mass is 556 g/mol. The molecule has 3 aromatic rings. The number of amides is 1. The number of halogens is 1. The van der Waals surface area contributed by atoms with Gasteiger partial charge >= 0.3 is 0 Å². The Kier molecular flexibility index (Phi) is 8.34. The van der Waals surface area contributed by atoms with E-state index >= 15 is 0 Å². The Morgan fingerprint density at radius 3 is 2.77 bits per heavy atom. The second-order valence-corrected chi connectivity index (χ2v) is 13.2. The number of anilines is 1. The van der Waals surface area contributed by atoms with E-state index in [2.05, 4.69) is 4.90 Å². The second kappa shape index (κ2) is 11.1. The van der Waals surface area contributed by atoms with Crippen LogP contribution in [-0.4, -0.2) is 75.9 Å². The lowest BCUT2D eigenvalue weighted by Crippen LogP contribution is -2.47. The molecule has 8 nitrogen and oxygen atoms in total. The van der Waals surface area contributed by atoms with Gasteiger partial charge in [-0.1, -0.05) is 29.0 Å². The van der Waals surface area contributed by atoms with Crippen molar-refractivity contribution < 1.29 is 17.9 Å². The standard InChI is InChI=1S/C23H29ClN4O4S3/c1-26(2)11-6-13-28(23-25-20-18(32-3)10-9-17(24)21(20)34-23)22(29)16-7-4-12-27(15-16)35(30,31)19-8-5-14-33-19/h5,8-10,14,16H,4,6-7,11-13,15H2,1-3H3. The van der Waals surface area contributed by atoms with Gasteiger partial charge in [-0.15, -0.1) is 11.3 Å². The van der Waals surface area contributed by atoms with Crippen molar-refractivity contribution in [1.82, 2.24) is 14.2 Å². The summed E-state index contributed by atoms with van der Waals surface area (Å²) in [5.41, 5.74) is 0.621. The third kappa shape index (κ3) is 5.65. The number of fused-ring (bicyclic) bond motifs is 1. The number of rotatable bonds is 9. The first kappa shape index (κ1) is 26.3. The van der Waals surface area contributed by atoms with Gasteiger partial charge < -0.3 is 9.64 Å². The van der Waals surface area contributed by atoms with Crippen LogP contribution >= 0.6 is 34.3 Å². The second-order valence-electron chi connectivity index (χ2n) is 8.70. The number of thiazole rings is 1. The predicted molar refractivity (Wildman–Crippen MR) is 143 cm³/mol. The van der Waals surface area contributed by atoms with Gasteiger partial charge in [-0.3, -0.25) is 9.69 Å². The zero-order valence-electron chi connectivity index (χ0n) is 19.9. The molecule has 2 aromatic heterocycles. The Bertz CT molecular complexity index is 1280. The molecule has 0 bridgehead atoms. The lowest BCUT2D eigenvalue weighted by Gasteiger charge is -2.33. The van der Waals surface area contributed by atoms with E-state index < -0.39 is 15.9 Å². The van der Waals surface area contributed by atoms with E-state index in [0.717, 1.165) is 17.7 Å². The van der Waals surface area contributed by atoms with Gasteiger partial charge in [-0.05, 0) is 63.5 Å². The molecule has 3 heterocycles. The number of nitrogens with zero attached hydrogens (tertiary/aromatic N) is 4. The number of aromatic nitrogens is 1. The average molecular weight is 557 g/mol. The fraction of sp³-hybridized carbons (Fsp3) is 0.478. The molecule has 0 saturated carbocycles. The maximum absolute atomic E-state index is 13.8. The quantitative estimate of drug-likeness (QED) is 0.388. The average Bonchev–Trinajstić information content (AvgIpc) is 3.53. The molecule has 1 aliphatic heterocycles. The number of benzene rings is 1. The molecule has 1 aliphatic rings. The summed E-state index contributed by atoms with van der Waals surface area (Å²) in [5, 5.41) is 2.85. The van der Waals surface area contributed by atoms with Crippen molar-refractivity contribution in [3.05, 3.63) is 34.7 Å². The van der Waals surface area contributed by atoms with Crippen LogP contribution < -0.4 is 9.64 Å². The van der Waals surface area contributed by atoms with Gasteiger partial charge in [0.1, 0.15) is 15.5 Å². The molecular formula is C23H29ClN4O4S3. The van der Waals surface area contributed by atoms with E-state index in [1.165, 1.54) is 27.0 Å². The van der Waals surface area contributed by atoms with E-state index in [1.54, 1.807) is 41.7 Å². The van der Waals surface area contributed by atoms with Crippen LogP contribution in [0.2, 0.25) is 5.02 Å². The number of ether oxygens (including phenoxy) is 1. The fourth-order valence-electron chi connectivity index (χ4n) is 4.19. The van der Waals surface area contributed by atoms with Crippen LogP contribution in [0.1, 0.15) is 19.3 Å². The van der Waals surface area contributed by atoms with Gasteiger partial charge in [-0.2, -0.15) is 4.31 Å². The third-order valence-electron chi connectivity index (χ3n) is 5.97. The number of sulfonamides is 1. The lowest BCUT2D eigenvalue weighted by atomic mass is 9.98. The Labute approximate surface area is 219 Å². The van der Waals surface area contributed by atoms with Crippen molar-refractivity contribution in [2.75, 3.05) is 52.3 Å². The minimum absolute atomic E-state index is 0.107. The van der Waals surface area contributed by atoms with Crippen molar-refractivity contribution in [3.8, 4) is 5.75 Å². The van der Waals surface area contributed by atoms with Crippen LogP contribution in [0, 0.1) is 5.92 Å². The number of piperidine rings is 1. The van der Waals surface area contributed by atoms with Gasteiger partial charge in [-0.25, -0.2) is 13.4 Å². The number of hydrogen-bond acceptors (Lipinski definition) is 8. The summed E-state index contributed by atoms with van der Waals surface area (Å²) >= 11 is 8.98. The summed E-state index contributed by atoms with van der Waals surface area (Å²) in [7, 11) is 1.94. The molecule has 35 heavy (non-hydrogen) atoms. The maximum atomic E-state index is 13.8. The fourth-order valence-corrected chi connectivity index (χ4v) is 8.14. The molecule has 12 heteroatoms. The number of methoxy groups -OCH3 is 1. The Hall–Kier alpha value is -1.76. The molecule has 0 spiro atoms. The van der Waals surface area contributed by atoms with Crippen LogP contribution in [0.4, 0.5) is 5.13 Å². The van der Waals surface area contributed by atoms with Gasteiger partial charge in [0.2, 0.25) is 5.91 Å². The SMILES string of the molecule is COc1ccc(Cl)c2sc(N(CCCN(C)C)C(=O)C3CCCN(S(=O)(=O)c4cccs4)C3)nc12. The summed E-state index contributed by atoms with van der Waals surface area (Å²) in [4.78, 5) is 22.4. The smallest absolute Gasteiger partial charge is 0.252 e. The van der Waals surface area contributed by atoms with Crippen LogP contribution in [0.15, 0.2) is 33.9 Å². The first-order valence-electron chi connectivity index (χ1n) is 11.3. The molecule has 190 valence electrons. The molecule has 1 atom stereocenters. The number of carbonyl (C=O) groups is 1. The van der Waals surface area contributed by atoms with Crippen LogP contribution in [0.25, 0.3) is 10.2 Å². The molecule has 1 amide bonds. The summed E-state index contributed by atoms with van der Waals surface area (Å²) < 4.78 is 34.2. The highest BCUT2D eigenvalue weighted by Gasteiger charge is 2.36. The van der Waals surface area contributed by atoms with Gasteiger partial charge in [0.25, 0.3) is 10.0 Å². The highest BCUT2D eigenvalue weighted by Crippen LogP contribution is 2.39. The van der Waals surface area contributed by atoms with Crippen molar-refractivity contribution in [2.45, 2.75) is 23.5 Å². The topological polar surface area (TPSA) is 83.0 Å². The summed E-state index contributed by atoms with van der Waals surface area (Å²) in [6.07, 6.45) is 2.02. The molecule has 4 rings (SSSR count). The third-order valence-corrected chi connectivity index (χ3v) is 10.8. The zero-order chi connectivity index (χ0) is 25.2. The number of thiophene rings is 1. The van der Waals surface area contributed by atoms with Crippen LogP contribution in [-0.2, 0) is 14.8 Å². The Balaban J connectivity index is 1.63. The van der Waals surface area contributed by atoms with Gasteiger partial charge in [0, 0.05) is 19.6 Å². The van der Waals surface area contributed by atoms with Crippen molar-refractivity contribution in [2.24, 2.45) is 5.92 Å². The molecule has 1 fully saturated rings. The lowest BCUT2D eigenvalue weighted by molar-refractivity contribution is -0.123. The largest absolute Gasteiger partial charge is 0.494 e. The number of hydrogen-bond donors (Lipinski definition) is 0. The highest BCUT2D eigenvalue weighted by atomic mass is 35.5. The highest BCUT2D eigenvalue weighted by molar-refractivity contribution is 7.91. The summed E-state index contributed by atoms with van der Waals surface area (Å²) in [6.45, 7) is 1.87. The molecule has 0 N–H and O–H groups in total. The van der Waals surface area contributed by atoms with Crippen molar-refractivity contribution >= 4 is 65.6 Å². The zero-order valence-corrected chi connectivity index (χ0v) is 23.1. The molecule has 0 radical (unpaired) electrons. The normalized spacial score (nSPS) is 17.2. The van der Waals surface area contributed by atoms with Gasteiger partial charge in [0.15, 0.2) is 5.13 Å². The molecular weight excluding hydrogens is 528 g/mol. The minimum Gasteiger partial charge on any atom is -0.494 e. The molecule has 0 aliphatic carbocycles. The minimum atomic E-state index is -3.61. The van der Waals surface area contributed by atoms with E-state index in [9.17, 15) is 13.2 Å². The van der Waals surface area contributed by atoms with Crippen LogP contribution in [0.5, 0.6) is 5.75 Å². The first-order chi connectivity index (χ1) is 16.7. The van der Waals surface area contributed by atoms with E-state index in [-0.39, 0.29) is 12.5 Å². The Morgan fingerprint density at radius 1 is 1.29 bits per heavy atom. The van der Waals surface area contributed by atoms with Gasteiger partial charge in [0.05, 0.1) is 22.8 Å². The first-order valence-corrected chi connectivity index (χ1v) is 14.9. The molecule has 1 unspecified atom stereocenters. The summed E-state index contributed by atoms with van der Waals surface area (Å²) in [6, 6.07) is 6.86. The summed E-state index contributed by atoms with van der Waals surface area (Å²) in [5.74, 6) is 0.0460. The number of carbonyl (C=O) groups excluding carboxylic acids is 1. The van der Waals surface area contributed by atoms with E-state index in [0.29, 0.717) is 51.6 Å². The van der Waals surface area contributed by atoms with E-state index in [1.807, 2.05) is 14.1 Å². The van der Waals surface area contributed by atoms with E-state index in [4.69, 9.17) is 21.3 Å². The van der Waals surface area contributed by atoms with Crippen molar-refractivity contribution in [3.63, 3.8) is 0 Å². The van der Waals surface area contributed by atoms with Crippen LogP contribution in [0.3, 0.4) is 0 Å². The Morgan fingerprint density at radius 2 is 2.09 bits per heavy atom. The predicted octanol–water partition coefficient (Wildman–Crippen LogP) is 4.41.